The van der Waals surface area contributed by atoms with Crippen molar-refractivity contribution in [2.45, 2.75) is 0 Å². The van der Waals surface area contributed by atoms with E-state index < -0.39 is 14.5 Å². The van der Waals surface area contributed by atoms with Gasteiger partial charge >= 0.3 is 7.75 Å². The molecular formula is C7H14NO4P. The van der Waals surface area contributed by atoms with Crippen molar-refractivity contribution in [3.05, 3.63) is 25.3 Å². The zero-order valence-corrected chi connectivity index (χ0v) is 8.20. The Bertz CT molecular complexity index is 191. The van der Waals surface area contributed by atoms with Crippen LogP contribution in [0.2, 0.25) is 0 Å². The molecule has 0 aromatic rings. The Hall–Kier alpha value is -0.450. The second kappa shape index (κ2) is 7.00. The lowest BCUT2D eigenvalue weighted by molar-refractivity contribution is 0.203. The van der Waals surface area contributed by atoms with Crippen LogP contribution in [0.4, 0.5) is 0 Å². The number of aliphatic hydroxyl groups is 1. The molecule has 6 heteroatoms. The second-order valence-electron chi connectivity index (χ2n) is 1.98. The molecule has 0 spiro atoms. The molecule has 0 saturated carbocycles. The molecule has 0 heterocycles. The van der Waals surface area contributed by atoms with Gasteiger partial charge in [-0.05, 0) is 0 Å². The zero-order valence-electron chi connectivity index (χ0n) is 7.31. The summed E-state index contributed by atoms with van der Waals surface area (Å²) in [6.07, 6.45) is 2.87. The predicted molar refractivity (Wildman–Crippen MR) is 50.1 cm³/mol. The lowest BCUT2D eigenvalue weighted by atomic mass is 10.7. The lowest BCUT2D eigenvalue weighted by Crippen LogP contribution is -2.15. The smallest absolute Gasteiger partial charge is 0.381 e. The van der Waals surface area contributed by atoms with Crippen LogP contribution in [0.1, 0.15) is 0 Å². The molecule has 0 amide bonds. The maximum atomic E-state index is 11.5. The first-order chi connectivity index (χ1) is 6.18. The molecule has 0 saturated heterocycles. The summed E-state index contributed by atoms with van der Waals surface area (Å²) in [5.41, 5.74) is 0. The monoisotopic (exact) mass is 207 g/mol. The predicted octanol–water partition coefficient (Wildman–Crippen LogP) is 1.04. The van der Waals surface area contributed by atoms with Crippen LogP contribution in [0.15, 0.2) is 25.3 Å². The molecule has 2 N–H and O–H groups in total. The van der Waals surface area contributed by atoms with Crippen LogP contribution in [0, 0.1) is 0 Å². The summed E-state index contributed by atoms with van der Waals surface area (Å²) >= 11 is 0. The summed E-state index contributed by atoms with van der Waals surface area (Å²) in [4.78, 5) is 0. The average Bonchev–Trinajstić information content (AvgIpc) is 2.12. The van der Waals surface area contributed by atoms with E-state index in [4.69, 9.17) is 14.2 Å². The van der Waals surface area contributed by atoms with E-state index in [0.717, 1.165) is 0 Å². The fourth-order valence-electron chi connectivity index (χ4n) is 0.517. The minimum absolute atomic E-state index is 0.0847. The molecule has 0 aliphatic carbocycles. The fourth-order valence-corrected chi connectivity index (χ4v) is 1.55. The molecule has 0 fully saturated rings. The van der Waals surface area contributed by atoms with Crippen molar-refractivity contribution < 1.29 is 18.7 Å². The van der Waals surface area contributed by atoms with E-state index in [2.05, 4.69) is 18.2 Å². The molecule has 0 radical (unpaired) electrons. The van der Waals surface area contributed by atoms with E-state index in [0.29, 0.717) is 0 Å². The van der Waals surface area contributed by atoms with Crippen molar-refractivity contribution in [3.8, 4) is 0 Å². The van der Waals surface area contributed by atoms with Crippen LogP contribution < -0.4 is 5.09 Å². The SMILES string of the molecule is C=CCOP(=O)(NCO)OCC=C. The van der Waals surface area contributed by atoms with Crippen molar-refractivity contribution in [2.24, 2.45) is 0 Å². The van der Waals surface area contributed by atoms with Crippen LogP contribution in [-0.4, -0.2) is 25.1 Å². The topological polar surface area (TPSA) is 67.8 Å². The number of rotatable bonds is 8. The van der Waals surface area contributed by atoms with Gasteiger partial charge in [0.25, 0.3) is 0 Å². The molecular weight excluding hydrogens is 193 g/mol. The van der Waals surface area contributed by atoms with Crippen LogP contribution in [0.3, 0.4) is 0 Å². The molecule has 5 nitrogen and oxygen atoms in total. The van der Waals surface area contributed by atoms with Gasteiger partial charge in [-0.3, -0.25) is 9.05 Å². The first-order valence-electron chi connectivity index (χ1n) is 3.65. The van der Waals surface area contributed by atoms with E-state index in [1.165, 1.54) is 12.2 Å². The van der Waals surface area contributed by atoms with Gasteiger partial charge in [0, 0.05) is 0 Å². The molecule has 0 aliphatic heterocycles. The Labute approximate surface area is 77.6 Å². The first-order valence-corrected chi connectivity index (χ1v) is 5.19. The Kier molecular flexibility index (Phi) is 6.76. The summed E-state index contributed by atoms with van der Waals surface area (Å²) in [5.74, 6) is 0. The van der Waals surface area contributed by atoms with Crippen molar-refractivity contribution >= 4 is 7.75 Å². The third-order valence-corrected chi connectivity index (χ3v) is 2.50. The van der Waals surface area contributed by atoms with Crippen LogP contribution >= 0.6 is 7.75 Å². The second-order valence-corrected chi connectivity index (χ2v) is 3.81. The van der Waals surface area contributed by atoms with Gasteiger partial charge in [0.15, 0.2) is 0 Å². The molecule has 0 rings (SSSR count). The Balaban J connectivity index is 4.06. The van der Waals surface area contributed by atoms with Gasteiger partial charge in [0.1, 0.15) is 6.73 Å². The van der Waals surface area contributed by atoms with Gasteiger partial charge in [-0.15, -0.1) is 13.2 Å². The van der Waals surface area contributed by atoms with Crippen molar-refractivity contribution in [2.75, 3.05) is 19.9 Å². The molecule has 13 heavy (non-hydrogen) atoms. The quantitative estimate of drug-likeness (QED) is 0.353. The highest BCUT2D eigenvalue weighted by Gasteiger charge is 2.22. The fraction of sp³-hybridized carbons (Fsp3) is 0.429. The highest BCUT2D eigenvalue weighted by Crippen LogP contribution is 2.42. The van der Waals surface area contributed by atoms with Gasteiger partial charge in [-0.2, -0.15) is 5.09 Å². The van der Waals surface area contributed by atoms with E-state index >= 15 is 0 Å². The highest BCUT2D eigenvalue weighted by atomic mass is 31.2. The molecule has 0 aromatic carbocycles. The Morgan fingerprint density at radius 2 is 1.77 bits per heavy atom. The largest absolute Gasteiger partial charge is 0.407 e. The minimum Gasteiger partial charge on any atom is -0.381 e. The Morgan fingerprint density at radius 3 is 2.08 bits per heavy atom. The number of hydrogen-bond acceptors (Lipinski definition) is 4. The first kappa shape index (κ1) is 12.6. The maximum absolute atomic E-state index is 11.5. The van der Waals surface area contributed by atoms with Crippen molar-refractivity contribution in [1.82, 2.24) is 5.09 Å². The van der Waals surface area contributed by atoms with Gasteiger partial charge in [-0.1, -0.05) is 12.2 Å². The van der Waals surface area contributed by atoms with E-state index in [1.54, 1.807) is 0 Å². The van der Waals surface area contributed by atoms with Gasteiger partial charge < -0.3 is 5.11 Å². The molecule has 0 bridgehead atoms. The van der Waals surface area contributed by atoms with Crippen LogP contribution in [0.5, 0.6) is 0 Å². The number of aliphatic hydroxyl groups excluding tert-OH is 1. The van der Waals surface area contributed by atoms with E-state index in [9.17, 15) is 4.57 Å². The van der Waals surface area contributed by atoms with E-state index in [-0.39, 0.29) is 13.2 Å². The van der Waals surface area contributed by atoms with Crippen molar-refractivity contribution in [3.63, 3.8) is 0 Å². The molecule has 76 valence electrons. The van der Waals surface area contributed by atoms with Crippen LogP contribution in [0.25, 0.3) is 0 Å². The zero-order chi connectivity index (χ0) is 10.2. The molecule has 0 aliphatic rings. The molecule has 0 aromatic heterocycles. The number of hydrogen-bond donors (Lipinski definition) is 2. The third kappa shape index (κ3) is 5.74. The lowest BCUT2D eigenvalue weighted by Gasteiger charge is -2.15. The van der Waals surface area contributed by atoms with Crippen molar-refractivity contribution in [1.29, 1.82) is 0 Å². The summed E-state index contributed by atoms with van der Waals surface area (Å²) in [6.45, 7) is 6.47. The highest BCUT2D eigenvalue weighted by molar-refractivity contribution is 7.51. The maximum Gasteiger partial charge on any atom is 0.407 e. The van der Waals surface area contributed by atoms with E-state index in [1.807, 2.05) is 0 Å². The molecule has 0 atom stereocenters. The van der Waals surface area contributed by atoms with Gasteiger partial charge in [0.05, 0.1) is 13.2 Å². The normalized spacial score (nSPS) is 11.2. The number of nitrogens with one attached hydrogen (secondary N) is 1. The minimum atomic E-state index is -3.39. The molecule has 0 unspecified atom stereocenters. The summed E-state index contributed by atoms with van der Waals surface area (Å²) in [7, 11) is -3.39. The average molecular weight is 207 g/mol. The standard InChI is InChI=1S/C7H14NO4P/c1-3-5-11-13(10,8-7-9)12-6-4-2/h3-4,9H,1-2,5-7H2,(H,8,10). The Morgan fingerprint density at radius 1 is 1.31 bits per heavy atom. The summed E-state index contributed by atoms with van der Waals surface area (Å²) < 4.78 is 21.2. The van der Waals surface area contributed by atoms with Crippen LogP contribution in [-0.2, 0) is 13.6 Å². The van der Waals surface area contributed by atoms with Gasteiger partial charge in [0.2, 0.25) is 0 Å². The van der Waals surface area contributed by atoms with Gasteiger partial charge in [-0.25, -0.2) is 4.57 Å². The third-order valence-electron chi connectivity index (χ3n) is 0.989. The summed E-state index contributed by atoms with van der Waals surface area (Å²) in [6, 6.07) is 0. The summed E-state index contributed by atoms with van der Waals surface area (Å²) in [5, 5.41) is 10.7.